The molecule has 0 radical (unpaired) electrons. The number of aryl methyl sites for hydroxylation is 3. The number of carbonyl (C=O) groups is 1. The van der Waals surface area contributed by atoms with Crippen molar-refractivity contribution in [2.24, 2.45) is 0 Å². The summed E-state index contributed by atoms with van der Waals surface area (Å²) in [6.45, 7) is 5.62. The summed E-state index contributed by atoms with van der Waals surface area (Å²) in [6, 6.07) is 4.03. The van der Waals surface area contributed by atoms with Gasteiger partial charge in [-0.1, -0.05) is 11.3 Å². The molecule has 42 heavy (non-hydrogen) atoms. The van der Waals surface area contributed by atoms with Crippen LogP contribution in [0.2, 0.25) is 0 Å². The van der Waals surface area contributed by atoms with E-state index in [-0.39, 0.29) is 25.6 Å². The van der Waals surface area contributed by atoms with Crippen molar-refractivity contribution in [2.75, 3.05) is 27.4 Å². The lowest BCUT2D eigenvalue weighted by Crippen LogP contribution is -2.44. The van der Waals surface area contributed by atoms with Gasteiger partial charge in [-0.3, -0.25) is 18.7 Å². The molecule has 0 atom stereocenters. The normalized spacial score (nSPS) is 10.6. The molecule has 0 bridgehead atoms. The molecule has 3 aromatic heterocycles. The Morgan fingerprint density at radius 3 is 2.40 bits per heavy atom. The highest BCUT2D eigenvalue weighted by atomic mass is 127. The number of benzene rings is 1. The van der Waals surface area contributed by atoms with E-state index in [1.165, 1.54) is 58.4 Å². The van der Waals surface area contributed by atoms with E-state index >= 15 is 0 Å². The van der Waals surface area contributed by atoms with Crippen molar-refractivity contribution in [3.8, 4) is 10.8 Å². The highest BCUT2D eigenvalue weighted by molar-refractivity contribution is 14.2. The second kappa shape index (κ2) is 17.3. The number of nitrogens with zero attached hydrogens (tertiary/aromatic N) is 5. The predicted octanol–water partition coefficient (Wildman–Crippen LogP) is 2.92. The van der Waals surface area contributed by atoms with Crippen molar-refractivity contribution in [3.05, 3.63) is 68.4 Å². The third kappa shape index (κ3) is 8.85. The zero-order valence-electron chi connectivity index (χ0n) is 23.8. The van der Waals surface area contributed by atoms with E-state index in [0.717, 1.165) is 4.57 Å². The number of amides is 1. The number of ether oxygens (including phenoxy) is 2. The van der Waals surface area contributed by atoms with Crippen molar-refractivity contribution in [1.29, 1.82) is 0 Å². The molecule has 0 unspecified atom stereocenters. The van der Waals surface area contributed by atoms with Crippen LogP contribution in [0.15, 0.2) is 40.2 Å². The Morgan fingerprint density at radius 2 is 1.86 bits per heavy atom. The molecule has 230 valence electrons. The van der Waals surface area contributed by atoms with Gasteiger partial charge in [0.05, 0.1) is 38.1 Å². The molecule has 12 nitrogen and oxygen atoms in total. The third-order valence-corrected chi connectivity index (χ3v) is 7.04. The first-order valence-electron chi connectivity index (χ1n) is 12.6. The first-order chi connectivity index (χ1) is 20.1. The minimum atomic E-state index is -0.627. The predicted molar refractivity (Wildman–Crippen MR) is 172 cm³/mol. The van der Waals surface area contributed by atoms with Crippen molar-refractivity contribution >= 4 is 58.5 Å². The first-order valence-corrected chi connectivity index (χ1v) is 16.7. The van der Waals surface area contributed by atoms with Gasteiger partial charge in [0.15, 0.2) is 0 Å². The molecule has 0 aliphatic heterocycles. The molecule has 4 rings (SSSR count). The number of carbonyl (C=O) groups excluding carboxylic acids is 1. The van der Waals surface area contributed by atoms with Crippen LogP contribution in [0.1, 0.15) is 25.0 Å². The van der Waals surface area contributed by atoms with E-state index in [1.807, 2.05) is 21.2 Å². The number of thiophene rings is 1. The highest BCUT2D eigenvalue weighted by Gasteiger charge is 2.23. The third-order valence-electron chi connectivity index (χ3n) is 5.76. The summed E-state index contributed by atoms with van der Waals surface area (Å²) >= 11 is 3.05. The van der Waals surface area contributed by atoms with Gasteiger partial charge in [0.25, 0.3) is 5.56 Å². The summed E-state index contributed by atoms with van der Waals surface area (Å²) in [6.07, 6.45) is 3.29. The van der Waals surface area contributed by atoms with E-state index in [2.05, 4.69) is 30.1 Å². The minimum Gasteiger partial charge on any atom is -0.496 e. The van der Waals surface area contributed by atoms with Crippen LogP contribution in [0.25, 0.3) is 15.2 Å². The number of halogens is 2. The van der Waals surface area contributed by atoms with Gasteiger partial charge in [-0.05, 0) is 72.2 Å². The number of aliphatic hydroxyl groups excluding tert-OH is 1. The fourth-order valence-electron chi connectivity index (χ4n) is 4.01. The van der Waals surface area contributed by atoms with Gasteiger partial charge in [-0.15, -0.1) is 14.6 Å². The Hall–Kier alpha value is -2.80. The van der Waals surface area contributed by atoms with E-state index in [4.69, 9.17) is 9.84 Å². The maximum atomic E-state index is 13.9. The second-order valence-corrected chi connectivity index (χ2v) is 9.98. The number of thiol groups is 1. The van der Waals surface area contributed by atoms with Gasteiger partial charge in [-0.25, -0.2) is 9.18 Å². The summed E-state index contributed by atoms with van der Waals surface area (Å²) in [4.78, 5) is 41.2. The fourth-order valence-corrected chi connectivity index (χ4v) is 5.24. The molecule has 0 fully saturated rings. The van der Waals surface area contributed by atoms with Crippen molar-refractivity contribution in [3.63, 3.8) is 0 Å². The Labute approximate surface area is 263 Å². The van der Waals surface area contributed by atoms with Crippen molar-refractivity contribution in [1.82, 2.24) is 29.4 Å². The molecule has 2 N–H and O–H groups in total. The largest absolute Gasteiger partial charge is 0.496 e. The minimum absolute atomic E-state index is 0.122. The average Bonchev–Trinajstić information content (AvgIpc) is 3.61. The van der Waals surface area contributed by atoms with E-state index < -0.39 is 29.5 Å². The first kappa shape index (κ1) is 35.4. The number of aromatic nitrogens is 5. The summed E-state index contributed by atoms with van der Waals surface area (Å²) in [7, 11) is 6.54. The molecule has 3 heterocycles. The Balaban J connectivity index is 0.000000797. The standard InChI is InChI=1S/C23H25FN6O4S.C3H8O2.HIS/c1-13(2)27-18(31)12-29-20(32)19-14(3)21(30-25-8-9-26-30)35-22(19)28(23(29)33)10-7-15-11-16(24)5-6-17(15)34-4;1-5-3-2-4;1-2/h5-6,8-9,11,13H,7,10,12H2,1-4H3,(H,27,31);4H,2-3H2,1H3;2H. The fraction of sp³-hybridized carbons (Fsp3) is 0.423. The lowest BCUT2D eigenvalue weighted by Gasteiger charge is -2.14. The van der Waals surface area contributed by atoms with Gasteiger partial charge in [0, 0.05) is 25.3 Å². The molecule has 16 heteroatoms. The zero-order valence-corrected chi connectivity index (χ0v) is 27.7. The lowest BCUT2D eigenvalue weighted by molar-refractivity contribution is -0.122. The van der Waals surface area contributed by atoms with Gasteiger partial charge in [0.2, 0.25) is 5.91 Å². The smallest absolute Gasteiger partial charge is 0.332 e. The van der Waals surface area contributed by atoms with Crippen molar-refractivity contribution < 1.29 is 23.8 Å². The maximum Gasteiger partial charge on any atom is 0.332 e. The molecule has 0 aliphatic carbocycles. The molecular formula is C26H34FIN6O6S2. The van der Waals surface area contributed by atoms with Crippen LogP contribution < -0.4 is 21.3 Å². The van der Waals surface area contributed by atoms with E-state index in [9.17, 15) is 18.8 Å². The number of aliphatic hydroxyl groups is 1. The van der Waals surface area contributed by atoms with E-state index in [1.54, 1.807) is 27.9 Å². The van der Waals surface area contributed by atoms with Crippen LogP contribution in [0.3, 0.4) is 0 Å². The van der Waals surface area contributed by atoms with Crippen LogP contribution >= 0.6 is 42.3 Å². The molecule has 1 amide bonds. The Kier molecular flexibility index (Phi) is 14.6. The number of hydrogen-bond donors (Lipinski definition) is 3. The number of hydrogen-bond acceptors (Lipinski definition) is 10. The van der Waals surface area contributed by atoms with Crippen LogP contribution in [0, 0.1) is 12.7 Å². The molecule has 4 aromatic rings. The van der Waals surface area contributed by atoms with Crippen LogP contribution in [0.5, 0.6) is 5.75 Å². The Bertz CT molecular complexity index is 1570. The average molecular weight is 737 g/mol. The number of nitrogens with one attached hydrogen (secondary N) is 1. The van der Waals surface area contributed by atoms with Crippen LogP contribution in [-0.4, -0.2) is 68.6 Å². The molecular weight excluding hydrogens is 702 g/mol. The van der Waals surface area contributed by atoms with Gasteiger partial charge in [0.1, 0.15) is 27.9 Å². The molecule has 0 saturated carbocycles. The van der Waals surface area contributed by atoms with Crippen LogP contribution in [-0.2, 0) is 29.0 Å². The monoisotopic (exact) mass is 736 g/mol. The van der Waals surface area contributed by atoms with Gasteiger partial charge < -0.3 is 19.9 Å². The molecule has 0 aliphatic rings. The van der Waals surface area contributed by atoms with Gasteiger partial charge in [-0.2, -0.15) is 10.2 Å². The van der Waals surface area contributed by atoms with E-state index in [0.29, 0.717) is 38.7 Å². The molecule has 1 aromatic carbocycles. The Morgan fingerprint density at radius 1 is 1.19 bits per heavy atom. The summed E-state index contributed by atoms with van der Waals surface area (Å²) in [5, 5.41) is 19.8. The summed E-state index contributed by atoms with van der Waals surface area (Å²) in [5.41, 5.74) is -0.0138. The zero-order chi connectivity index (χ0) is 31.4. The number of rotatable bonds is 10. The number of fused-ring (bicyclic) bond motifs is 1. The SMILES string of the molecule is COCCO.COc1ccc(F)cc1CCn1c(=O)n(CC(=O)NC(C)C)c(=O)c2c(C)c(-n3nccn3)sc21.SI. The van der Waals surface area contributed by atoms with Crippen molar-refractivity contribution in [2.45, 2.75) is 46.3 Å². The quantitative estimate of drug-likeness (QED) is 0.167. The second-order valence-electron chi connectivity index (χ2n) is 9.00. The number of methoxy groups -OCH3 is 2. The molecule has 0 saturated heterocycles. The topological polar surface area (TPSA) is 142 Å². The maximum absolute atomic E-state index is 13.9. The molecule has 0 spiro atoms. The van der Waals surface area contributed by atoms with Crippen LogP contribution in [0.4, 0.5) is 4.39 Å². The summed E-state index contributed by atoms with van der Waals surface area (Å²) in [5.74, 6) is -0.379. The lowest BCUT2D eigenvalue weighted by atomic mass is 10.1. The van der Waals surface area contributed by atoms with Gasteiger partial charge >= 0.3 is 5.69 Å². The summed E-state index contributed by atoms with van der Waals surface area (Å²) < 4.78 is 26.0. The highest BCUT2D eigenvalue weighted by Crippen LogP contribution is 2.30.